The van der Waals surface area contributed by atoms with Crippen LogP contribution < -0.4 is 4.81 Å². The maximum Gasteiger partial charge on any atom is 0.408 e. The molecular weight excluding hydrogens is 275 g/mol. The smallest absolute Gasteiger partial charge is 0.408 e. The molecule has 2 aliphatic heterocycles. The summed E-state index contributed by atoms with van der Waals surface area (Å²) in [4.78, 5) is 9.88. The first kappa shape index (κ1) is 10.4. The van der Waals surface area contributed by atoms with Gasteiger partial charge >= 0.3 is 6.98 Å². The molecule has 0 aliphatic carbocycles. The lowest BCUT2D eigenvalue weighted by molar-refractivity contribution is 0.272. The van der Waals surface area contributed by atoms with Crippen LogP contribution in [0, 0.1) is 0 Å². The van der Waals surface area contributed by atoms with Gasteiger partial charge in [0.05, 0.1) is 17.2 Å². The molecule has 0 radical (unpaired) electrons. The highest BCUT2D eigenvalue weighted by Crippen LogP contribution is 2.39. The fraction of sp³-hybridized carbons (Fsp3) is 0.312. The molecule has 0 fully saturated rings. The highest BCUT2D eigenvalue weighted by molar-refractivity contribution is 6.70. The van der Waals surface area contributed by atoms with E-state index in [1.54, 1.807) is 12.4 Å². The van der Waals surface area contributed by atoms with Crippen LogP contribution in [-0.4, -0.2) is 41.9 Å². The van der Waals surface area contributed by atoms with Gasteiger partial charge in [-0.25, -0.2) is 4.98 Å². The van der Waals surface area contributed by atoms with E-state index in [9.17, 15) is 0 Å². The van der Waals surface area contributed by atoms with Crippen LogP contribution in [0.25, 0.3) is 17.2 Å². The van der Waals surface area contributed by atoms with E-state index in [4.69, 9.17) is 8.53 Å². The van der Waals surface area contributed by atoms with Crippen LogP contribution in [0.1, 0.15) is 23.7 Å². The third kappa shape index (κ3) is 1.70. The van der Waals surface area contributed by atoms with Gasteiger partial charge in [0.15, 0.2) is 5.76 Å². The number of furan rings is 1. The summed E-state index contributed by atoms with van der Waals surface area (Å²) in [6, 6.07) is 3.88. The second-order valence-electron chi connectivity index (χ2n) is 5.83. The molecule has 0 unspecified atom stereocenters. The Hall–Kier alpha value is -2.37. The third-order valence-electron chi connectivity index (χ3n) is 4.47. The molecule has 1 atom stereocenters. The first-order valence-corrected chi connectivity index (χ1v) is 7.32. The van der Waals surface area contributed by atoms with Gasteiger partial charge in [0.25, 0.3) is 0 Å². The number of allylic oxidation sites excluding steroid dienone is 1. The molecule has 22 heavy (non-hydrogen) atoms. The fourth-order valence-electron chi connectivity index (χ4n) is 3.37. The highest BCUT2D eigenvalue weighted by atomic mass is 16.3. The van der Waals surface area contributed by atoms with Crippen molar-refractivity contribution in [3.63, 3.8) is 0 Å². The molecule has 0 amide bonds. The van der Waals surface area contributed by atoms with Gasteiger partial charge in [0, 0.05) is 29.7 Å². The van der Waals surface area contributed by atoms with Crippen LogP contribution in [0.4, 0.5) is 5.69 Å². The molecular formula is C16H19BN4O. The van der Waals surface area contributed by atoms with E-state index in [-0.39, 0.29) is 13.1 Å². The molecule has 112 valence electrons. The predicted octanol–water partition coefficient (Wildman–Crippen LogP) is 2.77. The second kappa shape index (κ2) is 4.56. The van der Waals surface area contributed by atoms with Gasteiger partial charge in [-0.05, 0) is 39.1 Å². The average Bonchev–Trinajstić information content (AvgIpc) is 3.07. The molecule has 2 aromatic rings. The van der Waals surface area contributed by atoms with Gasteiger partial charge in [-0.2, -0.15) is 0 Å². The van der Waals surface area contributed by atoms with Crippen LogP contribution in [-0.2, 0) is 0 Å². The molecule has 4 rings (SSSR count). The van der Waals surface area contributed by atoms with Crippen molar-refractivity contribution in [1.29, 1.82) is 0 Å². The van der Waals surface area contributed by atoms with Gasteiger partial charge in [0.2, 0.25) is 5.71 Å². The Kier molecular flexibility index (Phi) is 2.15. The highest BCUT2D eigenvalue weighted by Gasteiger charge is 2.40. The number of nitrogens with zero attached hydrogens (tertiary/aromatic N) is 4. The minimum Gasteiger partial charge on any atom is -0.436 e. The Balaban J connectivity index is 1.75. The topological polar surface area (TPSA) is 35.8 Å². The van der Waals surface area contributed by atoms with Crippen molar-refractivity contribution in [2.45, 2.75) is 20.0 Å². The molecule has 0 spiro atoms. The van der Waals surface area contributed by atoms with Crippen molar-refractivity contribution < 1.29 is 8.53 Å². The van der Waals surface area contributed by atoms with Gasteiger partial charge in [-0.15, -0.1) is 0 Å². The van der Waals surface area contributed by atoms with Crippen molar-refractivity contribution in [3.8, 4) is 0 Å². The largest absolute Gasteiger partial charge is 0.436 e. The van der Waals surface area contributed by atoms with Gasteiger partial charge < -0.3 is 18.9 Å². The van der Waals surface area contributed by atoms with Crippen molar-refractivity contribution in [2.75, 3.05) is 18.8 Å². The summed E-state index contributed by atoms with van der Waals surface area (Å²) in [7, 11) is 2.00. The lowest BCUT2D eigenvalue weighted by atomic mass is 9.61. The van der Waals surface area contributed by atoms with Crippen LogP contribution >= 0.6 is 0 Å². The monoisotopic (exact) mass is 297 g/mol. The van der Waals surface area contributed by atoms with Gasteiger partial charge in [0.1, 0.15) is 0 Å². The lowest BCUT2D eigenvalue weighted by Gasteiger charge is -2.39. The molecule has 0 saturated carbocycles. The zero-order valence-corrected chi connectivity index (χ0v) is 12.8. The second-order valence-corrected chi connectivity index (χ2v) is 5.83. The lowest BCUT2D eigenvalue weighted by Crippen LogP contribution is -2.55. The van der Waals surface area contributed by atoms with Crippen molar-refractivity contribution in [1.82, 2.24) is 14.7 Å². The Morgan fingerprint density at radius 3 is 3.05 bits per heavy atom. The summed E-state index contributed by atoms with van der Waals surface area (Å²) in [5.41, 5.74) is 2.67. The summed E-state index contributed by atoms with van der Waals surface area (Å²) < 4.78 is 29.0. The number of fused-ring (bicyclic) bond motifs is 3. The molecule has 6 heteroatoms. The average molecular weight is 297 g/mol. The summed E-state index contributed by atoms with van der Waals surface area (Å²) in [6.07, 6.45) is 6.94. The van der Waals surface area contributed by atoms with Crippen molar-refractivity contribution in [2.24, 2.45) is 0 Å². The zero-order valence-electron chi connectivity index (χ0n) is 15.8. The Labute approximate surface area is 134 Å². The number of hydrogen-bond donors (Lipinski definition) is 0. The number of pyridine rings is 1. The van der Waals surface area contributed by atoms with Crippen molar-refractivity contribution >= 4 is 29.8 Å². The fourth-order valence-corrected chi connectivity index (χ4v) is 3.37. The third-order valence-corrected chi connectivity index (χ3v) is 4.47. The van der Waals surface area contributed by atoms with E-state index >= 15 is 0 Å². The van der Waals surface area contributed by atoms with Gasteiger partial charge in [-0.3, -0.25) is 0 Å². The molecule has 0 aromatic carbocycles. The number of aromatic nitrogens is 1. The number of rotatable bonds is 1. The first-order chi connectivity index (χ1) is 11.8. The minimum absolute atomic E-state index is 0.0906. The SMILES string of the molecule is [2H]C([2H])([2H])N1C=CN(B2C(C)=Cc3oc4ncccc4c3N2C)[C@H]1C. The molecule has 0 bridgehead atoms. The van der Waals surface area contributed by atoms with Crippen LogP contribution in [0.5, 0.6) is 0 Å². The van der Waals surface area contributed by atoms with Gasteiger partial charge in [-0.1, -0.05) is 5.47 Å². The summed E-state index contributed by atoms with van der Waals surface area (Å²) in [5.74, 6) is 0.786. The molecule has 4 heterocycles. The quantitative estimate of drug-likeness (QED) is 0.756. The van der Waals surface area contributed by atoms with E-state index in [1.807, 2.05) is 45.3 Å². The molecule has 2 aromatic heterocycles. The summed E-state index contributed by atoms with van der Waals surface area (Å²) in [5, 5.41) is 0.956. The van der Waals surface area contributed by atoms with E-state index in [0.29, 0.717) is 5.71 Å². The van der Waals surface area contributed by atoms with E-state index in [2.05, 4.69) is 14.6 Å². The Morgan fingerprint density at radius 2 is 2.27 bits per heavy atom. The van der Waals surface area contributed by atoms with Crippen molar-refractivity contribution in [3.05, 3.63) is 42.0 Å². The molecule has 2 aliphatic rings. The first-order valence-electron chi connectivity index (χ1n) is 8.82. The number of hydrogen-bond acceptors (Lipinski definition) is 5. The van der Waals surface area contributed by atoms with Crippen LogP contribution in [0.3, 0.4) is 0 Å². The van der Waals surface area contributed by atoms with E-state index in [1.165, 1.54) is 4.90 Å². The van der Waals surface area contributed by atoms with E-state index < -0.39 is 6.98 Å². The molecule has 5 nitrogen and oxygen atoms in total. The molecule has 0 saturated heterocycles. The van der Waals surface area contributed by atoms with E-state index in [0.717, 1.165) is 22.3 Å². The zero-order chi connectivity index (χ0) is 17.9. The minimum atomic E-state index is -2.16. The normalized spacial score (nSPS) is 23.5. The maximum absolute atomic E-state index is 7.69. The predicted molar refractivity (Wildman–Crippen MR) is 90.0 cm³/mol. The maximum atomic E-state index is 7.69. The van der Waals surface area contributed by atoms with Crippen LogP contribution in [0.15, 0.2) is 40.6 Å². The molecule has 0 N–H and O–H groups in total. The summed E-state index contributed by atoms with van der Waals surface area (Å²) >= 11 is 0. The Bertz CT molecular complexity index is 891. The standard InChI is InChI=1S/C16H19BN4O/c1-11-10-14-15(13-6-5-7-18-16(13)22-14)20(4)17(11)21-9-8-19(3)12(21)2/h5-10,12H,1-4H3/t12-/m0/s1/i3D3. The summed E-state index contributed by atoms with van der Waals surface area (Å²) in [6.45, 7) is 1.68. The number of anilines is 1. The Morgan fingerprint density at radius 1 is 1.41 bits per heavy atom. The van der Waals surface area contributed by atoms with Crippen LogP contribution in [0.2, 0.25) is 0 Å².